The summed E-state index contributed by atoms with van der Waals surface area (Å²) in [6, 6.07) is 10.7. The van der Waals surface area contributed by atoms with Crippen molar-refractivity contribution in [2.24, 2.45) is 5.92 Å². The van der Waals surface area contributed by atoms with Gasteiger partial charge in [-0.05, 0) is 49.1 Å². The zero-order valence-electron chi connectivity index (χ0n) is 17.0. The van der Waals surface area contributed by atoms with E-state index in [0.717, 1.165) is 50.8 Å². The van der Waals surface area contributed by atoms with E-state index >= 15 is 0 Å². The van der Waals surface area contributed by atoms with Gasteiger partial charge in [0.1, 0.15) is 5.75 Å². The number of aliphatic hydroxyl groups excluding tert-OH is 1. The number of benzene rings is 1. The second kappa shape index (κ2) is 10.5. The SMILES string of the molecule is CC(C)CCN1CCN(Cc2ccc(Oc3ncccn3)cc2)C[C@@H]1CCO. The Hall–Kier alpha value is -2.02. The molecule has 6 nitrogen and oxygen atoms in total. The first kappa shape index (κ1) is 20.7. The molecule has 0 aliphatic carbocycles. The maximum absolute atomic E-state index is 9.47. The van der Waals surface area contributed by atoms with Crippen LogP contribution in [0, 0.1) is 5.92 Å². The molecule has 1 aliphatic heterocycles. The fourth-order valence-electron chi connectivity index (χ4n) is 3.61. The molecule has 6 heteroatoms. The number of rotatable bonds is 9. The highest BCUT2D eigenvalue weighted by atomic mass is 16.5. The quantitative estimate of drug-likeness (QED) is 0.716. The minimum Gasteiger partial charge on any atom is -0.424 e. The molecule has 0 unspecified atom stereocenters. The summed E-state index contributed by atoms with van der Waals surface area (Å²) in [5.41, 5.74) is 1.26. The maximum Gasteiger partial charge on any atom is 0.321 e. The number of nitrogens with zero attached hydrogens (tertiary/aromatic N) is 4. The van der Waals surface area contributed by atoms with Gasteiger partial charge in [0.25, 0.3) is 0 Å². The number of piperazine rings is 1. The van der Waals surface area contributed by atoms with Crippen LogP contribution in [0.25, 0.3) is 0 Å². The molecule has 1 aromatic heterocycles. The molecule has 2 aromatic rings. The summed E-state index contributed by atoms with van der Waals surface area (Å²) in [4.78, 5) is 13.2. The van der Waals surface area contributed by atoms with Crippen molar-refractivity contribution in [3.63, 3.8) is 0 Å². The highest BCUT2D eigenvalue weighted by Crippen LogP contribution is 2.20. The molecule has 0 amide bonds. The molecule has 1 atom stereocenters. The fraction of sp³-hybridized carbons (Fsp3) is 0.545. The molecule has 0 bridgehead atoms. The average Bonchev–Trinajstić information content (AvgIpc) is 2.70. The van der Waals surface area contributed by atoms with Gasteiger partial charge in [0, 0.05) is 51.2 Å². The van der Waals surface area contributed by atoms with Gasteiger partial charge in [0.2, 0.25) is 0 Å². The van der Waals surface area contributed by atoms with Crippen molar-refractivity contribution in [3.8, 4) is 11.8 Å². The fourth-order valence-corrected chi connectivity index (χ4v) is 3.61. The van der Waals surface area contributed by atoms with Crippen molar-refractivity contribution in [1.82, 2.24) is 19.8 Å². The van der Waals surface area contributed by atoms with Gasteiger partial charge in [0.05, 0.1) is 0 Å². The normalized spacial score (nSPS) is 18.5. The third-order valence-corrected chi connectivity index (χ3v) is 5.23. The van der Waals surface area contributed by atoms with E-state index in [9.17, 15) is 5.11 Å². The second-order valence-corrected chi connectivity index (χ2v) is 7.90. The van der Waals surface area contributed by atoms with Gasteiger partial charge in [-0.15, -0.1) is 0 Å². The lowest BCUT2D eigenvalue weighted by atomic mass is 10.0. The minimum atomic E-state index is 0.254. The van der Waals surface area contributed by atoms with Crippen molar-refractivity contribution in [2.75, 3.05) is 32.8 Å². The number of hydrogen-bond acceptors (Lipinski definition) is 6. The van der Waals surface area contributed by atoms with E-state index in [0.29, 0.717) is 12.1 Å². The van der Waals surface area contributed by atoms with Crippen molar-refractivity contribution in [2.45, 2.75) is 39.3 Å². The highest BCUT2D eigenvalue weighted by Gasteiger charge is 2.26. The van der Waals surface area contributed by atoms with Gasteiger partial charge >= 0.3 is 6.01 Å². The first-order chi connectivity index (χ1) is 13.6. The Kier molecular flexibility index (Phi) is 7.77. The van der Waals surface area contributed by atoms with Crippen molar-refractivity contribution >= 4 is 0 Å². The predicted octanol–water partition coefficient (Wildman–Crippen LogP) is 3.18. The van der Waals surface area contributed by atoms with E-state index in [4.69, 9.17) is 4.74 Å². The van der Waals surface area contributed by atoms with E-state index in [2.05, 4.69) is 45.7 Å². The smallest absolute Gasteiger partial charge is 0.321 e. The van der Waals surface area contributed by atoms with Crippen LogP contribution in [0.5, 0.6) is 11.8 Å². The third kappa shape index (κ3) is 6.26. The lowest BCUT2D eigenvalue weighted by Gasteiger charge is -2.41. The molecule has 0 saturated carbocycles. The van der Waals surface area contributed by atoms with Gasteiger partial charge in [-0.3, -0.25) is 9.80 Å². The van der Waals surface area contributed by atoms with Crippen molar-refractivity contribution < 1.29 is 9.84 Å². The molecule has 1 aromatic carbocycles. The minimum absolute atomic E-state index is 0.254. The summed E-state index contributed by atoms with van der Waals surface area (Å²) in [7, 11) is 0. The van der Waals surface area contributed by atoms with Gasteiger partial charge in [-0.25, -0.2) is 9.97 Å². The summed E-state index contributed by atoms with van der Waals surface area (Å²) < 4.78 is 5.66. The largest absolute Gasteiger partial charge is 0.424 e. The molecule has 28 heavy (non-hydrogen) atoms. The summed E-state index contributed by atoms with van der Waals surface area (Å²) in [5.74, 6) is 1.46. The van der Waals surface area contributed by atoms with Gasteiger partial charge in [0.15, 0.2) is 0 Å². The zero-order chi connectivity index (χ0) is 19.8. The highest BCUT2D eigenvalue weighted by molar-refractivity contribution is 5.29. The van der Waals surface area contributed by atoms with E-state index < -0.39 is 0 Å². The zero-order valence-corrected chi connectivity index (χ0v) is 17.0. The molecular formula is C22H32N4O2. The van der Waals surface area contributed by atoms with Crippen LogP contribution >= 0.6 is 0 Å². The standard InChI is InChI=1S/C22H32N4O2/c1-18(2)8-12-26-14-13-25(17-20(26)9-15-27)16-19-4-6-21(7-5-19)28-22-23-10-3-11-24-22/h3-7,10-11,18,20,27H,8-9,12-17H2,1-2H3/t20-/m0/s1. The molecule has 2 heterocycles. The number of ether oxygens (including phenoxy) is 1. The Morgan fingerprint density at radius 1 is 1.14 bits per heavy atom. The molecule has 3 rings (SSSR count). The van der Waals surface area contributed by atoms with Gasteiger partial charge in [-0.1, -0.05) is 26.0 Å². The average molecular weight is 385 g/mol. The van der Waals surface area contributed by atoms with E-state index in [1.165, 1.54) is 12.0 Å². The van der Waals surface area contributed by atoms with E-state index in [-0.39, 0.29) is 6.61 Å². The molecule has 152 valence electrons. The van der Waals surface area contributed by atoms with Crippen LogP contribution in [0.15, 0.2) is 42.7 Å². The lowest BCUT2D eigenvalue weighted by molar-refractivity contribution is 0.0524. The van der Waals surface area contributed by atoms with Crippen LogP contribution in [0.2, 0.25) is 0 Å². The summed E-state index contributed by atoms with van der Waals surface area (Å²) in [5, 5.41) is 9.47. The summed E-state index contributed by atoms with van der Waals surface area (Å²) in [6.07, 6.45) is 5.40. The molecule has 1 fully saturated rings. The van der Waals surface area contributed by atoms with Gasteiger partial charge in [-0.2, -0.15) is 0 Å². The van der Waals surface area contributed by atoms with Gasteiger partial charge < -0.3 is 9.84 Å². The van der Waals surface area contributed by atoms with Crippen LogP contribution in [0.3, 0.4) is 0 Å². The number of aliphatic hydroxyl groups is 1. The third-order valence-electron chi connectivity index (χ3n) is 5.23. The van der Waals surface area contributed by atoms with Crippen molar-refractivity contribution in [1.29, 1.82) is 0 Å². The Balaban J connectivity index is 1.53. The molecular weight excluding hydrogens is 352 g/mol. The van der Waals surface area contributed by atoms with Crippen molar-refractivity contribution in [3.05, 3.63) is 48.3 Å². The molecule has 1 saturated heterocycles. The molecule has 1 N–H and O–H groups in total. The Morgan fingerprint density at radius 2 is 1.89 bits per heavy atom. The number of aromatic nitrogens is 2. The summed E-state index contributed by atoms with van der Waals surface area (Å²) >= 11 is 0. The topological polar surface area (TPSA) is 61.7 Å². The predicted molar refractivity (Wildman–Crippen MR) is 110 cm³/mol. The van der Waals surface area contributed by atoms with Crippen LogP contribution in [0.1, 0.15) is 32.3 Å². The summed E-state index contributed by atoms with van der Waals surface area (Å²) in [6.45, 7) is 9.99. The van der Waals surface area contributed by atoms with Crippen LogP contribution in [-0.4, -0.2) is 63.7 Å². The Morgan fingerprint density at radius 3 is 2.57 bits per heavy atom. The molecule has 0 spiro atoms. The monoisotopic (exact) mass is 384 g/mol. The van der Waals surface area contributed by atoms with Crippen LogP contribution in [0.4, 0.5) is 0 Å². The first-order valence-electron chi connectivity index (χ1n) is 10.2. The first-order valence-corrected chi connectivity index (χ1v) is 10.2. The van der Waals surface area contributed by atoms with Crippen LogP contribution in [-0.2, 0) is 6.54 Å². The van der Waals surface area contributed by atoms with Crippen LogP contribution < -0.4 is 4.74 Å². The van der Waals surface area contributed by atoms with E-state index in [1.54, 1.807) is 18.5 Å². The molecule has 1 aliphatic rings. The lowest BCUT2D eigenvalue weighted by Crippen LogP contribution is -2.53. The number of hydrogen-bond donors (Lipinski definition) is 1. The molecule has 0 radical (unpaired) electrons. The second-order valence-electron chi connectivity index (χ2n) is 7.90. The van der Waals surface area contributed by atoms with E-state index in [1.807, 2.05) is 12.1 Å². The maximum atomic E-state index is 9.47. The Bertz CT molecular complexity index is 693. The Labute approximate surface area is 168 Å².